The first kappa shape index (κ1) is 15.5. The second-order valence-electron chi connectivity index (χ2n) is 5.24. The predicted octanol–water partition coefficient (Wildman–Crippen LogP) is 3.24. The zero-order valence-electron chi connectivity index (χ0n) is 12.4. The lowest BCUT2D eigenvalue weighted by Gasteiger charge is -2.13. The summed E-state index contributed by atoms with van der Waals surface area (Å²) in [6.07, 6.45) is 0. The Hall–Kier alpha value is -2.44. The first-order valence-corrected chi connectivity index (χ1v) is 8.48. The summed E-state index contributed by atoms with van der Waals surface area (Å²) in [5, 5.41) is 5.20. The van der Waals surface area contributed by atoms with Crippen molar-refractivity contribution in [1.82, 2.24) is 4.57 Å². The number of hydrogen-bond donors (Lipinski definition) is 1. The molecule has 0 aliphatic heterocycles. The molecular formula is C17H15FN2O2S. The van der Waals surface area contributed by atoms with Crippen LogP contribution in [0.25, 0.3) is 16.9 Å². The van der Waals surface area contributed by atoms with Crippen molar-refractivity contribution in [2.24, 2.45) is 5.14 Å². The van der Waals surface area contributed by atoms with E-state index < -0.39 is 10.0 Å². The molecule has 23 heavy (non-hydrogen) atoms. The van der Waals surface area contributed by atoms with Gasteiger partial charge < -0.3 is 4.57 Å². The average Bonchev–Trinajstić information content (AvgIpc) is 2.89. The minimum Gasteiger partial charge on any atom is -0.314 e. The van der Waals surface area contributed by atoms with Gasteiger partial charge in [-0.15, -0.1) is 0 Å². The average molecular weight is 330 g/mol. The molecule has 0 unspecified atom stereocenters. The number of hydrogen-bond acceptors (Lipinski definition) is 2. The van der Waals surface area contributed by atoms with E-state index in [0.29, 0.717) is 5.69 Å². The molecule has 0 fully saturated rings. The van der Waals surface area contributed by atoms with Crippen molar-refractivity contribution in [3.05, 3.63) is 72.2 Å². The Morgan fingerprint density at radius 1 is 1.00 bits per heavy atom. The molecule has 0 spiro atoms. The molecule has 0 aliphatic carbocycles. The molecule has 4 nitrogen and oxygen atoms in total. The largest absolute Gasteiger partial charge is 0.314 e. The van der Waals surface area contributed by atoms with Gasteiger partial charge in [0.2, 0.25) is 10.0 Å². The summed E-state index contributed by atoms with van der Waals surface area (Å²) in [7, 11) is -3.78. The Bertz CT molecular complexity index is 961. The number of aromatic nitrogens is 1. The molecule has 3 aromatic rings. The molecule has 0 radical (unpaired) electrons. The highest BCUT2D eigenvalue weighted by molar-refractivity contribution is 7.89. The predicted molar refractivity (Wildman–Crippen MR) is 87.3 cm³/mol. The van der Waals surface area contributed by atoms with E-state index in [-0.39, 0.29) is 10.7 Å². The van der Waals surface area contributed by atoms with Crippen LogP contribution in [0.4, 0.5) is 4.39 Å². The van der Waals surface area contributed by atoms with Crippen molar-refractivity contribution in [2.45, 2.75) is 11.8 Å². The Morgan fingerprint density at radius 3 is 2.35 bits per heavy atom. The van der Waals surface area contributed by atoms with Gasteiger partial charge in [0.25, 0.3) is 0 Å². The number of halogens is 1. The highest BCUT2D eigenvalue weighted by Crippen LogP contribution is 2.27. The van der Waals surface area contributed by atoms with E-state index in [0.717, 1.165) is 17.0 Å². The van der Waals surface area contributed by atoms with Gasteiger partial charge in [-0.05, 0) is 67.1 Å². The third-order valence-corrected chi connectivity index (χ3v) is 4.53. The summed E-state index contributed by atoms with van der Waals surface area (Å²) < 4.78 is 38.2. The number of primary sulfonamides is 1. The summed E-state index contributed by atoms with van der Waals surface area (Å²) in [5.41, 5.74) is 3.28. The smallest absolute Gasteiger partial charge is 0.238 e. The van der Waals surface area contributed by atoms with Crippen molar-refractivity contribution in [3.63, 3.8) is 0 Å². The molecule has 0 aliphatic rings. The number of sulfonamides is 1. The number of benzene rings is 2. The van der Waals surface area contributed by atoms with E-state index in [9.17, 15) is 12.8 Å². The fourth-order valence-electron chi connectivity index (χ4n) is 2.53. The Morgan fingerprint density at radius 2 is 1.70 bits per heavy atom. The van der Waals surface area contributed by atoms with Crippen LogP contribution in [0.3, 0.4) is 0 Å². The molecule has 0 saturated carbocycles. The van der Waals surface area contributed by atoms with Gasteiger partial charge in [-0.2, -0.15) is 0 Å². The van der Waals surface area contributed by atoms with Crippen LogP contribution in [0.1, 0.15) is 5.69 Å². The van der Waals surface area contributed by atoms with Crippen molar-refractivity contribution in [3.8, 4) is 16.9 Å². The maximum absolute atomic E-state index is 13.1. The Labute approximate surface area is 134 Å². The van der Waals surface area contributed by atoms with Crippen LogP contribution in [-0.4, -0.2) is 13.0 Å². The second kappa shape index (κ2) is 5.64. The van der Waals surface area contributed by atoms with E-state index in [1.165, 1.54) is 24.3 Å². The van der Waals surface area contributed by atoms with Crippen molar-refractivity contribution >= 4 is 10.0 Å². The molecule has 0 bridgehead atoms. The van der Waals surface area contributed by atoms with Gasteiger partial charge in [0.1, 0.15) is 5.82 Å². The van der Waals surface area contributed by atoms with Crippen LogP contribution < -0.4 is 5.14 Å². The molecule has 118 valence electrons. The SMILES string of the molecule is Cc1ccc(-c2ccc(F)cc2)n1-c1cccc(S(N)(=O)=O)c1. The van der Waals surface area contributed by atoms with Crippen LogP contribution in [0.2, 0.25) is 0 Å². The van der Waals surface area contributed by atoms with Crippen molar-refractivity contribution in [2.75, 3.05) is 0 Å². The van der Waals surface area contributed by atoms with Gasteiger partial charge in [0.05, 0.1) is 10.6 Å². The quantitative estimate of drug-likeness (QED) is 0.801. The van der Waals surface area contributed by atoms with Crippen molar-refractivity contribution in [1.29, 1.82) is 0 Å². The van der Waals surface area contributed by atoms with Crippen molar-refractivity contribution < 1.29 is 12.8 Å². The molecule has 0 saturated heterocycles. The van der Waals surface area contributed by atoms with Gasteiger partial charge in [-0.25, -0.2) is 17.9 Å². The van der Waals surface area contributed by atoms with E-state index in [2.05, 4.69) is 0 Å². The summed E-state index contributed by atoms with van der Waals surface area (Å²) in [6.45, 7) is 1.91. The molecule has 3 rings (SSSR count). The van der Waals surface area contributed by atoms with Crippen LogP contribution in [0.5, 0.6) is 0 Å². The lowest BCUT2D eigenvalue weighted by Crippen LogP contribution is -2.12. The number of aryl methyl sites for hydroxylation is 1. The molecule has 1 heterocycles. The van der Waals surface area contributed by atoms with E-state index in [4.69, 9.17) is 5.14 Å². The normalized spacial score (nSPS) is 11.6. The fourth-order valence-corrected chi connectivity index (χ4v) is 3.08. The highest BCUT2D eigenvalue weighted by atomic mass is 32.2. The van der Waals surface area contributed by atoms with E-state index in [1.807, 2.05) is 23.6 Å². The molecule has 0 amide bonds. The zero-order valence-corrected chi connectivity index (χ0v) is 13.2. The zero-order chi connectivity index (χ0) is 16.6. The standard InChI is InChI=1S/C17H15FN2O2S/c1-12-5-10-17(13-6-8-14(18)9-7-13)20(12)15-3-2-4-16(11-15)23(19,21)22/h2-11H,1H3,(H2,19,21,22). The molecule has 0 atom stereocenters. The first-order chi connectivity index (χ1) is 10.9. The Balaban J connectivity index is 2.18. The lowest BCUT2D eigenvalue weighted by molar-refractivity contribution is 0.597. The van der Waals surface area contributed by atoms with E-state index in [1.54, 1.807) is 24.3 Å². The van der Waals surface area contributed by atoms with Gasteiger partial charge in [0.15, 0.2) is 0 Å². The van der Waals surface area contributed by atoms with Crippen LogP contribution in [-0.2, 0) is 10.0 Å². The fraction of sp³-hybridized carbons (Fsp3) is 0.0588. The maximum Gasteiger partial charge on any atom is 0.238 e. The molecule has 2 N–H and O–H groups in total. The molecule has 2 aromatic carbocycles. The molecular weight excluding hydrogens is 315 g/mol. The lowest BCUT2D eigenvalue weighted by atomic mass is 10.1. The van der Waals surface area contributed by atoms with Crippen LogP contribution >= 0.6 is 0 Å². The number of nitrogens with zero attached hydrogens (tertiary/aromatic N) is 1. The summed E-state index contributed by atoms with van der Waals surface area (Å²) in [4.78, 5) is 0.0492. The molecule has 1 aromatic heterocycles. The molecule has 6 heteroatoms. The maximum atomic E-state index is 13.1. The monoisotopic (exact) mass is 330 g/mol. The van der Waals surface area contributed by atoms with Gasteiger partial charge in [0, 0.05) is 11.4 Å². The third-order valence-electron chi connectivity index (χ3n) is 3.62. The Kier molecular flexibility index (Phi) is 3.79. The van der Waals surface area contributed by atoms with E-state index >= 15 is 0 Å². The van der Waals surface area contributed by atoms with Gasteiger partial charge in [-0.1, -0.05) is 6.07 Å². The first-order valence-electron chi connectivity index (χ1n) is 6.94. The minimum absolute atomic E-state index is 0.0492. The minimum atomic E-state index is -3.78. The summed E-state index contributed by atoms with van der Waals surface area (Å²) >= 11 is 0. The van der Waals surface area contributed by atoms with Crippen LogP contribution in [0.15, 0.2) is 65.6 Å². The third kappa shape index (κ3) is 3.04. The highest BCUT2D eigenvalue weighted by Gasteiger charge is 2.13. The van der Waals surface area contributed by atoms with Gasteiger partial charge >= 0.3 is 0 Å². The summed E-state index contributed by atoms with van der Waals surface area (Å²) in [6, 6.07) is 16.4. The number of rotatable bonds is 3. The number of nitrogens with two attached hydrogens (primary N) is 1. The van der Waals surface area contributed by atoms with Crippen LogP contribution in [0, 0.1) is 12.7 Å². The van der Waals surface area contributed by atoms with Gasteiger partial charge in [-0.3, -0.25) is 0 Å². The topological polar surface area (TPSA) is 65.1 Å². The second-order valence-corrected chi connectivity index (χ2v) is 6.81. The summed E-state index contributed by atoms with van der Waals surface area (Å²) in [5.74, 6) is -0.306.